The van der Waals surface area contributed by atoms with E-state index in [1.165, 1.54) is 11.8 Å². The Balaban J connectivity index is 1.55. The summed E-state index contributed by atoms with van der Waals surface area (Å²) in [5, 5.41) is 5.82. The quantitative estimate of drug-likeness (QED) is 0.731. The predicted octanol–water partition coefficient (Wildman–Crippen LogP) is 4.33. The van der Waals surface area contributed by atoms with Crippen LogP contribution in [0.3, 0.4) is 0 Å². The Labute approximate surface area is 155 Å². The van der Waals surface area contributed by atoms with Crippen LogP contribution in [0.5, 0.6) is 0 Å². The second-order valence-corrected chi connectivity index (χ2v) is 7.02. The van der Waals surface area contributed by atoms with Crippen molar-refractivity contribution in [1.82, 2.24) is 5.32 Å². The Hall–Kier alpha value is -3.05. The minimum atomic E-state index is -0.169. The standard InChI is InChI=1S/C21H16N2O2S/c24-20(22-13-14-6-2-1-3-7-14)15-10-11-19-17(12-15)23-21(25)16-8-4-5-9-18(16)26-19/h1-12H,13H2,(H,22,24)(H,23,25). The van der Waals surface area contributed by atoms with Gasteiger partial charge >= 0.3 is 0 Å². The molecule has 0 spiro atoms. The van der Waals surface area contributed by atoms with Gasteiger partial charge < -0.3 is 10.6 Å². The van der Waals surface area contributed by atoms with Gasteiger partial charge in [0.05, 0.1) is 11.3 Å². The molecule has 1 heterocycles. The van der Waals surface area contributed by atoms with Crippen LogP contribution in [0.25, 0.3) is 0 Å². The molecule has 5 heteroatoms. The number of nitrogens with one attached hydrogen (secondary N) is 2. The molecule has 0 saturated heterocycles. The summed E-state index contributed by atoms with van der Waals surface area (Å²) in [4.78, 5) is 26.7. The van der Waals surface area contributed by atoms with Gasteiger partial charge in [-0.1, -0.05) is 54.2 Å². The van der Waals surface area contributed by atoms with Crippen molar-refractivity contribution < 1.29 is 9.59 Å². The molecular weight excluding hydrogens is 344 g/mol. The highest BCUT2D eigenvalue weighted by Gasteiger charge is 2.20. The van der Waals surface area contributed by atoms with E-state index in [1.807, 2.05) is 54.6 Å². The van der Waals surface area contributed by atoms with Crippen LogP contribution in [0, 0.1) is 0 Å². The molecule has 3 aromatic carbocycles. The molecule has 0 fully saturated rings. The Kier molecular flexibility index (Phi) is 4.46. The maximum absolute atomic E-state index is 12.5. The van der Waals surface area contributed by atoms with Crippen LogP contribution in [-0.2, 0) is 6.54 Å². The maximum atomic E-state index is 12.5. The van der Waals surface area contributed by atoms with Crippen LogP contribution in [-0.4, -0.2) is 11.8 Å². The fraction of sp³-hybridized carbons (Fsp3) is 0.0476. The molecule has 0 saturated carbocycles. The lowest BCUT2D eigenvalue weighted by Crippen LogP contribution is -2.23. The van der Waals surface area contributed by atoms with Crippen molar-refractivity contribution in [3.63, 3.8) is 0 Å². The van der Waals surface area contributed by atoms with Crippen molar-refractivity contribution in [3.05, 3.63) is 89.5 Å². The zero-order valence-corrected chi connectivity index (χ0v) is 14.7. The molecule has 2 amide bonds. The SMILES string of the molecule is O=C(NCc1ccccc1)c1ccc2c(c1)NC(=O)c1ccccc1S2. The second-order valence-electron chi connectivity index (χ2n) is 5.93. The van der Waals surface area contributed by atoms with Crippen LogP contribution in [0.1, 0.15) is 26.3 Å². The molecule has 1 aliphatic rings. The number of benzene rings is 3. The lowest BCUT2D eigenvalue weighted by molar-refractivity contribution is 0.0949. The molecule has 3 aromatic rings. The summed E-state index contributed by atoms with van der Waals surface area (Å²) in [6, 6.07) is 22.6. The summed E-state index contributed by atoms with van der Waals surface area (Å²) in [7, 11) is 0. The van der Waals surface area contributed by atoms with Crippen molar-refractivity contribution in [1.29, 1.82) is 0 Å². The monoisotopic (exact) mass is 360 g/mol. The molecule has 0 bridgehead atoms. The minimum absolute atomic E-state index is 0.159. The van der Waals surface area contributed by atoms with Crippen molar-refractivity contribution in [2.75, 3.05) is 5.32 Å². The van der Waals surface area contributed by atoms with Crippen LogP contribution in [0.4, 0.5) is 5.69 Å². The molecule has 0 atom stereocenters. The number of carbonyl (C=O) groups is 2. The molecule has 4 rings (SSSR count). The third-order valence-electron chi connectivity index (χ3n) is 4.14. The van der Waals surface area contributed by atoms with E-state index < -0.39 is 0 Å². The van der Waals surface area contributed by atoms with Crippen LogP contribution < -0.4 is 10.6 Å². The summed E-state index contributed by atoms with van der Waals surface area (Å²) >= 11 is 1.52. The Morgan fingerprint density at radius 3 is 2.54 bits per heavy atom. The summed E-state index contributed by atoms with van der Waals surface area (Å²) < 4.78 is 0. The third kappa shape index (κ3) is 3.34. The molecule has 128 valence electrons. The fourth-order valence-electron chi connectivity index (χ4n) is 2.79. The van der Waals surface area contributed by atoms with Gasteiger partial charge in [0.2, 0.25) is 0 Å². The highest BCUT2D eigenvalue weighted by atomic mass is 32.2. The summed E-state index contributed by atoms with van der Waals surface area (Å²) in [5.41, 5.74) is 2.86. The number of hydrogen-bond acceptors (Lipinski definition) is 3. The first-order chi connectivity index (χ1) is 12.7. The number of amides is 2. The van der Waals surface area contributed by atoms with Gasteiger partial charge in [-0.3, -0.25) is 9.59 Å². The van der Waals surface area contributed by atoms with E-state index in [0.717, 1.165) is 15.4 Å². The largest absolute Gasteiger partial charge is 0.348 e. The molecule has 2 N–H and O–H groups in total. The van der Waals surface area contributed by atoms with Gasteiger partial charge in [-0.05, 0) is 35.9 Å². The molecule has 0 aliphatic carbocycles. The first-order valence-corrected chi connectivity index (χ1v) is 9.07. The van der Waals surface area contributed by atoms with Crippen LogP contribution in [0.2, 0.25) is 0 Å². The summed E-state index contributed by atoms with van der Waals surface area (Å²) in [6.45, 7) is 0.462. The van der Waals surface area contributed by atoms with E-state index in [1.54, 1.807) is 18.2 Å². The van der Waals surface area contributed by atoms with Crippen molar-refractivity contribution >= 4 is 29.3 Å². The number of rotatable bonds is 3. The lowest BCUT2D eigenvalue weighted by Gasteiger charge is -2.10. The van der Waals surface area contributed by atoms with Gasteiger partial charge in [0.15, 0.2) is 0 Å². The van der Waals surface area contributed by atoms with Gasteiger partial charge in [-0.2, -0.15) is 0 Å². The fourth-order valence-corrected chi connectivity index (χ4v) is 3.80. The van der Waals surface area contributed by atoms with Gasteiger partial charge in [0.1, 0.15) is 0 Å². The highest BCUT2D eigenvalue weighted by molar-refractivity contribution is 7.99. The maximum Gasteiger partial charge on any atom is 0.256 e. The van der Waals surface area contributed by atoms with Gasteiger partial charge in [-0.25, -0.2) is 0 Å². The molecule has 0 unspecified atom stereocenters. The van der Waals surface area contributed by atoms with E-state index in [9.17, 15) is 9.59 Å². The second kappa shape index (κ2) is 7.06. The van der Waals surface area contributed by atoms with E-state index in [-0.39, 0.29) is 11.8 Å². The summed E-state index contributed by atoms with van der Waals surface area (Å²) in [5.74, 6) is -0.327. The van der Waals surface area contributed by atoms with Gasteiger partial charge in [0.25, 0.3) is 11.8 Å². The Bertz CT molecular complexity index is 986. The first kappa shape index (κ1) is 16.4. The van der Waals surface area contributed by atoms with E-state index in [2.05, 4.69) is 10.6 Å². The molecule has 1 aliphatic heterocycles. The smallest absolute Gasteiger partial charge is 0.256 e. The molecule has 0 radical (unpaired) electrons. The van der Waals surface area contributed by atoms with Crippen molar-refractivity contribution in [2.45, 2.75) is 16.3 Å². The van der Waals surface area contributed by atoms with E-state index in [0.29, 0.717) is 23.4 Å². The van der Waals surface area contributed by atoms with Crippen LogP contribution in [0.15, 0.2) is 82.6 Å². The third-order valence-corrected chi connectivity index (χ3v) is 5.29. The Morgan fingerprint density at radius 1 is 0.923 bits per heavy atom. The summed E-state index contributed by atoms with van der Waals surface area (Å²) in [6.07, 6.45) is 0. The zero-order valence-electron chi connectivity index (χ0n) is 13.9. The average Bonchev–Trinajstić information content (AvgIpc) is 2.82. The average molecular weight is 360 g/mol. The molecule has 4 nitrogen and oxygen atoms in total. The van der Waals surface area contributed by atoms with Gasteiger partial charge in [0, 0.05) is 21.9 Å². The lowest BCUT2D eigenvalue weighted by atomic mass is 10.1. The van der Waals surface area contributed by atoms with E-state index >= 15 is 0 Å². The number of hydrogen-bond donors (Lipinski definition) is 2. The van der Waals surface area contributed by atoms with Crippen molar-refractivity contribution in [2.24, 2.45) is 0 Å². The zero-order chi connectivity index (χ0) is 17.9. The molecule has 26 heavy (non-hydrogen) atoms. The first-order valence-electron chi connectivity index (χ1n) is 8.25. The molecule has 0 aromatic heterocycles. The number of fused-ring (bicyclic) bond motifs is 2. The Morgan fingerprint density at radius 2 is 1.69 bits per heavy atom. The van der Waals surface area contributed by atoms with E-state index in [4.69, 9.17) is 0 Å². The number of carbonyl (C=O) groups excluding carboxylic acids is 2. The van der Waals surface area contributed by atoms with Gasteiger partial charge in [-0.15, -0.1) is 0 Å². The predicted molar refractivity (Wildman–Crippen MR) is 103 cm³/mol. The van der Waals surface area contributed by atoms with Crippen molar-refractivity contribution in [3.8, 4) is 0 Å². The normalized spacial score (nSPS) is 12.4. The van der Waals surface area contributed by atoms with Crippen LogP contribution >= 0.6 is 11.8 Å². The topological polar surface area (TPSA) is 58.2 Å². The molecular formula is C21H16N2O2S. The number of anilines is 1. The highest BCUT2D eigenvalue weighted by Crippen LogP contribution is 2.38. The minimum Gasteiger partial charge on any atom is -0.348 e.